The maximum absolute atomic E-state index is 12.5. The second-order valence-corrected chi connectivity index (χ2v) is 8.75. The van der Waals surface area contributed by atoms with Crippen LogP contribution in [0.4, 0.5) is 19.0 Å². The van der Waals surface area contributed by atoms with Crippen molar-refractivity contribution in [3.63, 3.8) is 0 Å². The molecule has 1 amide bonds. The number of benzene rings is 1. The van der Waals surface area contributed by atoms with Gasteiger partial charge in [0.1, 0.15) is 5.82 Å². The number of thiazole rings is 1. The van der Waals surface area contributed by atoms with Crippen LogP contribution in [0.2, 0.25) is 0 Å². The van der Waals surface area contributed by atoms with Gasteiger partial charge in [0.05, 0.1) is 16.3 Å². The van der Waals surface area contributed by atoms with Crippen LogP contribution in [0.1, 0.15) is 33.0 Å². The van der Waals surface area contributed by atoms with Crippen LogP contribution in [0, 0.1) is 6.92 Å². The average molecular weight is 467 g/mol. The Balaban J connectivity index is 1.35. The van der Waals surface area contributed by atoms with E-state index in [1.807, 2.05) is 24.4 Å². The monoisotopic (exact) mass is 466 g/mol. The fourth-order valence-electron chi connectivity index (χ4n) is 2.61. The summed E-state index contributed by atoms with van der Waals surface area (Å²) in [6.07, 6.45) is -2.99. The molecular weight excluding hydrogens is 445 g/mol. The third-order valence-corrected chi connectivity index (χ3v) is 6.07. The molecule has 0 aliphatic carbocycles. The Morgan fingerprint density at radius 3 is 2.52 bits per heavy atom. The van der Waals surface area contributed by atoms with E-state index in [4.69, 9.17) is 0 Å². The van der Waals surface area contributed by atoms with Gasteiger partial charge in [-0.25, -0.2) is 9.97 Å². The lowest BCUT2D eigenvalue weighted by atomic mass is 10.2. The smallest absolute Gasteiger partial charge is 0.370 e. The first-order valence-corrected chi connectivity index (χ1v) is 11.4. The van der Waals surface area contributed by atoms with E-state index in [0.29, 0.717) is 30.9 Å². The van der Waals surface area contributed by atoms with Gasteiger partial charge in [0.2, 0.25) is 0 Å². The molecule has 2 aromatic heterocycles. The minimum Gasteiger partial charge on any atom is -0.370 e. The zero-order valence-corrected chi connectivity index (χ0v) is 18.3. The first-order chi connectivity index (χ1) is 14.8. The number of pyridine rings is 1. The number of carbonyl (C=O) groups is 1. The molecule has 10 heteroatoms. The molecule has 0 unspecified atom stereocenters. The molecule has 1 aromatic carbocycles. The number of aryl methyl sites for hydroxylation is 1. The third-order valence-electron chi connectivity index (χ3n) is 4.21. The van der Waals surface area contributed by atoms with Crippen LogP contribution in [0.5, 0.6) is 0 Å². The number of carbonyl (C=O) groups excluding carboxylic acids is 1. The van der Waals surface area contributed by atoms with Crippen molar-refractivity contribution in [1.82, 2.24) is 15.3 Å². The Kier molecular flexibility index (Phi) is 7.91. The molecule has 0 saturated heterocycles. The summed E-state index contributed by atoms with van der Waals surface area (Å²) in [7, 11) is 0. The Labute approximate surface area is 186 Å². The summed E-state index contributed by atoms with van der Waals surface area (Å²) in [5, 5.41) is 8.86. The zero-order valence-electron chi connectivity index (χ0n) is 16.7. The molecule has 0 atom stereocenters. The van der Waals surface area contributed by atoms with E-state index in [-0.39, 0.29) is 5.91 Å². The Bertz CT molecular complexity index is 989. The third kappa shape index (κ3) is 7.25. The summed E-state index contributed by atoms with van der Waals surface area (Å²) < 4.78 is 37.5. The lowest BCUT2D eigenvalue weighted by molar-refractivity contribution is -0.137. The van der Waals surface area contributed by atoms with Crippen molar-refractivity contribution in [2.75, 3.05) is 18.4 Å². The number of amides is 1. The number of nitrogens with one attached hydrogen (secondary N) is 2. The summed E-state index contributed by atoms with van der Waals surface area (Å²) >= 11 is 3.30. The predicted molar refractivity (Wildman–Crippen MR) is 118 cm³/mol. The number of halogens is 3. The second kappa shape index (κ2) is 10.6. The van der Waals surface area contributed by atoms with Crippen molar-refractivity contribution in [3.8, 4) is 0 Å². The van der Waals surface area contributed by atoms with Gasteiger partial charge in [-0.15, -0.1) is 23.1 Å². The normalized spacial score (nSPS) is 11.4. The van der Waals surface area contributed by atoms with Gasteiger partial charge >= 0.3 is 6.18 Å². The van der Waals surface area contributed by atoms with Crippen LogP contribution < -0.4 is 10.6 Å². The maximum atomic E-state index is 12.5. The lowest BCUT2D eigenvalue weighted by Gasteiger charge is -2.09. The highest BCUT2D eigenvalue weighted by Crippen LogP contribution is 2.28. The first-order valence-electron chi connectivity index (χ1n) is 9.50. The fourth-order valence-corrected chi connectivity index (χ4v) is 4.12. The number of hydrogen-bond donors (Lipinski definition) is 2. The molecule has 0 fully saturated rings. The number of thioether (sulfide) groups is 1. The van der Waals surface area contributed by atoms with Crippen molar-refractivity contribution in [2.24, 2.45) is 0 Å². The SMILES string of the molecule is Cc1nc(CSc2ccc(C(=O)NCCCNc3ccc(C(F)(F)F)cn3)cc2)cs1. The minimum absolute atomic E-state index is 0.167. The molecule has 164 valence electrons. The van der Waals surface area contributed by atoms with Gasteiger partial charge in [0, 0.05) is 40.9 Å². The molecule has 0 aliphatic rings. The van der Waals surface area contributed by atoms with Gasteiger partial charge in [-0.3, -0.25) is 4.79 Å². The van der Waals surface area contributed by atoms with Gasteiger partial charge in [-0.2, -0.15) is 13.2 Å². The van der Waals surface area contributed by atoms with E-state index >= 15 is 0 Å². The van der Waals surface area contributed by atoms with Crippen LogP contribution in [-0.2, 0) is 11.9 Å². The van der Waals surface area contributed by atoms with E-state index in [1.165, 1.54) is 6.07 Å². The van der Waals surface area contributed by atoms with E-state index in [1.54, 1.807) is 35.2 Å². The molecule has 2 N–H and O–H groups in total. The van der Waals surface area contributed by atoms with Gasteiger partial charge in [-0.05, 0) is 49.7 Å². The number of anilines is 1. The maximum Gasteiger partial charge on any atom is 0.417 e. The van der Waals surface area contributed by atoms with Crippen molar-refractivity contribution in [2.45, 2.75) is 30.2 Å². The van der Waals surface area contributed by atoms with E-state index < -0.39 is 11.7 Å². The zero-order chi connectivity index (χ0) is 22.3. The Hall–Kier alpha value is -2.59. The van der Waals surface area contributed by atoms with Crippen LogP contribution in [0.3, 0.4) is 0 Å². The van der Waals surface area contributed by atoms with Crippen molar-refractivity contribution in [1.29, 1.82) is 0 Å². The van der Waals surface area contributed by atoms with Crippen LogP contribution in [-0.4, -0.2) is 29.0 Å². The Morgan fingerprint density at radius 2 is 1.90 bits per heavy atom. The summed E-state index contributed by atoms with van der Waals surface area (Å²) in [6, 6.07) is 9.67. The van der Waals surface area contributed by atoms with Gasteiger partial charge in [-0.1, -0.05) is 0 Å². The highest BCUT2D eigenvalue weighted by Gasteiger charge is 2.30. The highest BCUT2D eigenvalue weighted by atomic mass is 32.2. The average Bonchev–Trinajstić information content (AvgIpc) is 3.17. The Morgan fingerprint density at radius 1 is 1.13 bits per heavy atom. The molecule has 0 saturated carbocycles. The van der Waals surface area contributed by atoms with Crippen LogP contribution in [0.15, 0.2) is 52.9 Å². The number of alkyl halides is 3. The van der Waals surface area contributed by atoms with Crippen molar-refractivity contribution < 1.29 is 18.0 Å². The van der Waals surface area contributed by atoms with Gasteiger partial charge < -0.3 is 10.6 Å². The second-order valence-electron chi connectivity index (χ2n) is 6.64. The molecule has 0 spiro atoms. The molecule has 0 aliphatic heterocycles. The molecule has 3 rings (SSSR count). The number of aromatic nitrogens is 2. The first kappa shape index (κ1) is 23.1. The molecule has 3 aromatic rings. The quantitative estimate of drug-likeness (QED) is 0.327. The summed E-state index contributed by atoms with van der Waals surface area (Å²) in [5.41, 5.74) is 0.841. The lowest BCUT2D eigenvalue weighted by Crippen LogP contribution is -2.25. The predicted octanol–water partition coefficient (Wildman–Crippen LogP) is 5.39. The summed E-state index contributed by atoms with van der Waals surface area (Å²) in [4.78, 5) is 21.5. The van der Waals surface area contributed by atoms with Gasteiger partial charge in [0.15, 0.2) is 0 Å². The van der Waals surface area contributed by atoms with Crippen molar-refractivity contribution >= 4 is 34.8 Å². The molecule has 0 radical (unpaired) electrons. The van der Waals surface area contributed by atoms with E-state index in [0.717, 1.165) is 33.6 Å². The number of hydrogen-bond acceptors (Lipinski definition) is 6. The molecule has 31 heavy (non-hydrogen) atoms. The topological polar surface area (TPSA) is 66.9 Å². The molecule has 0 bridgehead atoms. The minimum atomic E-state index is -4.40. The molecule has 5 nitrogen and oxygen atoms in total. The van der Waals surface area contributed by atoms with E-state index in [2.05, 4.69) is 20.6 Å². The number of nitrogens with zero attached hydrogens (tertiary/aromatic N) is 2. The summed E-state index contributed by atoms with van der Waals surface area (Å²) in [6.45, 7) is 2.89. The molecular formula is C21H21F3N4OS2. The van der Waals surface area contributed by atoms with E-state index in [9.17, 15) is 18.0 Å². The van der Waals surface area contributed by atoms with Gasteiger partial charge in [0.25, 0.3) is 5.91 Å². The largest absolute Gasteiger partial charge is 0.417 e. The fraction of sp³-hybridized carbons (Fsp3) is 0.286. The van der Waals surface area contributed by atoms with Crippen LogP contribution >= 0.6 is 23.1 Å². The van der Waals surface area contributed by atoms with Crippen molar-refractivity contribution in [3.05, 3.63) is 69.8 Å². The van der Waals surface area contributed by atoms with Crippen LogP contribution in [0.25, 0.3) is 0 Å². The molecule has 2 heterocycles. The standard InChI is InChI=1S/C21H21F3N4OS2/c1-14-28-17(12-30-14)13-31-18-6-3-15(4-7-18)20(29)26-10-2-9-25-19-8-5-16(11-27-19)21(22,23)24/h3-8,11-12H,2,9-10,13H2,1H3,(H,25,27)(H,26,29). The summed E-state index contributed by atoms with van der Waals surface area (Å²) in [5.74, 6) is 0.982. The highest BCUT2D eigenvalue weighted by molar-refractivity contribution is 7.98. The number of rotatable bonds is 9.